The summed E-state index contributed by atoms with van der Waals surface area (Å²) >= 11 is 0. The maximum atomic E-state index is 14.5. The molecule has 1 aliphatic rings. The average molecular weight is 581 g/mol. The second kappa shape index (κ2) is 12.1. The number of alkyl halides is 3. The van der Waals surface area contributed by atoms with Crippen molar-refractivity contribution in [1.82, 2.24) is 15.3 Å². The summed E-state index contributed by atoms with van der Waals surface area (Å²) in [6.45, 7) is 3.41. The van der Waals surface area contributed by atoms with Gasteiger partial charge in [-0.1, -0.05) is 12.1 Å². The molecule has 0 spiro atoms. The summed E-state index contributed by atoms with van der Waals surface area (Å²) in [5, 5.41) is 2.71. The van der Waals surface area contributed by atoms with Gasteiger partial charge >= 0.3 is 6.18 Å². The number of rotatable bonds is 8. The lowest BCUT2D eigenvalue weighted by Crippen LogP contribution is -2.47. The van der Waals surface area contributed by atoms with Gasteiger partial charge in [0.15, 0.2) is 0 Å². The van der Waals surface area contributed by atoms with Crippen molar-refractivity contribution in [2.24, 2.45) is 0 Å². The van der Waals surface area contributed by atoms with Crippen LogP contribution < -0.4 is 19.4 Å². The Morgan fingerprint density at radius 3 is 2.30 bits per heavy atom. The molecule has 1 unspecified atom stereocenters. The van der Waals surface area contributed by atoms with Crippen LogP contribution in [0, 0.1) is 5.82 Å². The minimum absolute atomic E-state index is 0.0891. The lowest BCUT2D eigenvalue weighted by atomic mass is 9.99. The molecule has 0 saturated carbocycles. The van der Waals surface area contributed by atoms with Gasteiger partial charge in [-0.05, 0) is 42.8 Å². The average Bonchev–Trinajstić information content (AvgIpc) is 2.95. The van der Waals surface area contributed by atoms with E-state index in [1.807, 2.05) is 12.1 Å². The molecule has 3 aromatic rings. The largest absolute Gasteiger partial charge is 0.433 e. The number of carbonyl (C=O) groups is 1. The summed E-state index contributed by atoms with van der Waals surface area (Å²) in [4.78, 5) is 24.7. The van der Waals surface area contributed by atoms with Crippen LogP contribution in [-0.2, 0) is 28.4 Å². The van der Waals surface area contributed by atoms with Gasteiger partial charge in [0.2, 0.25) is 16.8 Å². The molecular formula is C26H28F4N6O3S. The third-order valence-corrected chi connectivity index (χ3v) is 7.47. The molecule has 40 heavy (non-hydrogen) atoms. The number of halogens is 4. The Kier molecular flexibility index (Phi) is 8.76. The summed E-state index contributed by atoms with van der Waals surface area (Å²) in [7, 11) is -1.82. The first-order chi connectivity index (χ1) is 19.0. The molecule has 1 N–H and O–H groups in total. The van der Waals surface area contributed by atoms with Crippen molar-refractivity contribution in [3.8, 4) is 0 Å². The molecule has 0 radical (unpaired) electrons. The van der Waals surface area contributed by atoms with Crippen LogP contribution in [0.1, 0.15) is 29.7 Å². The van der Waals surface area contributed by atoms with Gasteiger partial charge in [0.05, 0.1) is 11.6 Å². The van der Waals surface area contributed by atoms with Gasteiger partial charge in [-0.15, -0.1) is 0 Å². The minimum Gasteiger partial charge on any atom is -0.368 e. The first-order valence-corrected chi connectivity index (χ1v) is 13.5. The number of carbonyl (C=O) groups excluding carboxylic acids is 1. The van der Waals surface area contributed by atoms with Gasteiger partial charge < -0.3 is 15.1 Å². The van der Waals surface area contributed by atoms with E-state index in [9.17, 15) is 30.8 Å². The molecule has 9 nitrogen and oxygen atoms in total. The highest BCUT2D eigenvalue weighted by Gasteiger charge is 2.34. The molecule has 2 aromatic heterocycles. The number of thiol groups is 1. The fourth-order valence-electron chi connectivity index (χ4n) is 4.41. The molecule has 14 heteroatoms. The third kappa shape index (κ3) is 6.61. The monoisotopic (exact) mass is 580 g/mol. The Bertz CT molecular complexity index is 1420. The first-order valence-electron chi connectivity index (χ1n) is 12.4. The Labute approximate surface area is 230 Å². The van der Waals surface area contributed by atoms with Crippen molar-refractivity contribution in [3.63, 3.8) is 0 Å². The van der Waals surface area contributed by atoms with Crippen LogP contribution in [0.3, 0.4) is 0 Å². The normalized spacial score (nSPS) is 14.8. The van der Waals surface area contributed by atoms with Crippen molar-refractivity contribution in [1.29, 1.82) is 0 Å². The van der Waals surface area contributed by atoms with E-state index in [0.717, 1.165) is 22.1 Å². The molecule has 0 aliphatic carbocycles. The number of hydrogen-bond acceptors (Lipinski definition) is 7. The van der Waals surface area contributed by atoms with Gasteiger partial charge in [-0.3, -0.25) is 14.1 Å². The van der Waals surface area contributed by atoms with E-state index < -0.39 is 40.4 Å². The number of benzene rings is 1. The van der Waals surface area contributed by atoms with Gasteiger partial charge in [0.1, 0.15) is 17.3 Å². The Morgan fingerprint density at radius 2 is 1.70 bits per heavy atom. The zero-order chi connectivity index (χ0) is 29.0. The minimum atomic E-state index is -4.63. The lowest BCUT2D eigenvalue weighted by molar-refractivity contribution is -0.141. The zero-order valence-electron chi connectivity index (χ0n) is 21.7. The second-order valence-electron chi connectivity index (χ2n) is 9.27. The van der Waals surface area contributed by atoms with Gasteiger partial charge in [-0.2, -0.15) is 13.2 Å². The highest BCUT2D eigenvalue weighted by atomic mass is 32.2. The van der Waals surface area contributed by atoms with Crippen LogP contribution in [0.4, 0.5) is 34.8 Å². The Balaban J connectivity index is 1.49. The van der Waals surface area contributed by atoms with Crippen molar-refractivity contribution in [3.05, 3.63) is 77.5 Å². The molecule has 1 fully saturated rings. The van der Waals surface area contributed by atoms with E-state index >= 15 is 0 Å². The summed E-state index contributed by atoms with van der Waals surface area (Å²) in [5.41, 5.74) is 0.505. The van der Waals surface area contributed by atoms with Gasteiger partial charge in [0.25, 0.3) is 0 Å². The van der Waals surface area contributed by atoms with Crippen LogP contribution in [0.15, 0.2) is 54.9 Å². The quantitative estimate of drug-likeness (QED) is 0.312. The third-order valence-electron chi connectivity index (χ3n) is 6.77. The van der Waals surface area contributed by atoms with Gasteiger partial charge in [0, 0.05) is 63.4 Å². The number of hydrogen-bond donors (Lipinski definition) is 2. The van der Waals surface area contributed by atoms with E-state index in [1.165, 1.54) is 25.2 Å². The summed E-state index contributed by atoms with van der Waals surface area (Å²) in [5.74, 6) is -1.96. The summed E-state index contributed by atoms with van der Waals surface area (Å²) in [6, 6.07) is 9.72. The van der Waals surface area contributed by atoms with Crippen LogP contribution in [0.2, 0.25) is 0 Å². The molecule has 1 aromatic carbocycles. The molecule has 214 valence electrons. The highest BCUT2D eigenvalue weighted by molar-refractivity contribution is 7.74. The van der Waals surface area contributed by atoms with E-state index in [1.54, 1.807) is 24.2 Å². The SMILES string of the molecule is CC(C(=O)NCc1ccc(C(F)(F)F)nc1N1CCN(c2ccncc2)CC1)c1ccc(N(C)[SH](=O)=O)c(F)c1. The topological polar surface area (TPSA) is 98.7 Å². The van der Waals surface area contributed by atoms with Crippen molar-refractivity contribution in [2.45, 2.75) is 25.6 Å². The number of piperazine rings is 1. The molecule has 4 rings (SSSR count). The molecular weight excluding hydrogens is 552 g/mol. The lowest BCUT2D eigenvalue weighted by Gasteiger charge is -2.37. The van der Waals surface area contributed by atoms with Crippen LogP contribution >= 0.6 is 0 Å². The Hall–Kier alpha value is -3.94. The van der Waals surface area contributed by atoms with Gasteiger partial charge in [-0.25, -0.2) is 17.8 Å². The second-order valence-corrected chi connectivity index (χ2v) is 10.3. The number of nitrogens with one attached hydrogen (secondary N) is 1. The zero-order valence-corrected chi connectivity index (χ0v) is 22.6. The number of nitrogens with zero attached hydrogens (tertiary/aromatic N) is 5. The molecule has 1 saturated heterocycles. The number of pyridine rings is 2. The molecule has 3 heterocycles. The van der Waals surface area contributed by atoms with E-state index in [2.05, 4.69) is 20.2 Å². The number of aromatic nitrogens is 2. The van der Waals surface area contributed by atoms with E-state index in [4.69, 9.17) is 0 Å². The van der Waals surface area contributed by atoms with Crippen LogP contribution in [0.5, 0.6) is 0 Å². The smallest absolute Gasteiger partial charge is 0.368 e. The predicted octanol–water partition coefficient (Wildman–Crippen LogP) is 3.34. The fraction of sp³-hybridized carbons (Fsp3) is 0.346. The fourth-order valence-corrected chi connectivity index (χ4v) is 4.75. The molecule has 1 atom stereocenters. The molecule has 1 amide bonds. The summed E-state index contributed by atoms with van der Waals surface area (Å²) in [6.07, 6.45) is -1.28. The number of anilines is 3. The standard InChI is InChI=1S/C26H28F4N6O3S/c1-17(18-3-5-22(21(27)15-18)34(2)40(38)39)25(37)32-16-19-4-6-23(26(28,29)30)33-24(19)36-13-11-35(12-14-36)20-7-9-31-10-8-20/h3-10,15,17,40H,11-14,16H2,1-2H3,(H,32,37). The van der Waals surface area contributed by atoms with Crippen molar-refractivity contribution in [2.75, 3.05) is 47.3 Å². The summed E-state index contributed by atoms with van der Waals surface area (Å²) < 4.78 is 78.0. The maximum Gasteiger partial charge on any atom is 0.433 e. The van der Waals surface area contributed by atoms with E-state index in [-0.39, 0.29) is 18.1 Å². The van der Waals surface area contributed by atoms with Crippen LogP contribution in [0.25, 0.3) is 0 Å². The predicted molar refractivity (Wildman–Crippen MR) is 143 cm³/mol. The maximum absolute atomic E-state index is 14.5. The van der Waals surface area contributed by atoms with E-state index in [0.29, 0.717) is 37.3 Å². The molecule has 1 aliphatic heterocycles. The van der Waals surface area contributed by atoms with Crippen molar-refractivity contribution >= 4 is 34.0 Å². The number of amides is 1. The molecule has 0 bridgehead atoms. The van der Waals surface area contributed by atoms with Crippen molar-refractivity contribution < 1.29 is 30.8 Å². The first kappa shape index (κ1) is 29.1. The highest BCUT2D eigenvalue weighted by Crippen LogP contribution is 2.31. The Morgan fingerprint density at radius 1 is 1.05 bits per heavy atom. The van der Waals surface area contributed by atoms with Crippen LogP contribution in [-0.4, -0.2) is 57.5 Å².